The zero-order valence-corrected chi connectivity index (χ0v) is 41.1. The van der Waals surface area contributed by atoms with Crippen molar-refractivity contribution in [3.05, 3.63) is 145 Å². The fraction of sp³-hybridized carbons (Fsp3) is 0.407. The largest absolute Gasteiger partial charge is 4.00 e. The Morgan fingerprint density at radius 2 is 0.764 bits per heavy atom. The second-order valence-electron chi connectivity index (χ2n) is 20.6. The van der Waals surface area contributed by atoms with E-state index >= 15 is 0 Å². The molecule has 0 aliphatic rings. The first kappa shape index (κ1) is 46.4. The first-order chi connectivity index (χ1) is 23.9. The monoisotopic (exact) mass is 898 g/mol. The van der Waals surface area contributed by atoms with Gasteiger partial charge in [-0.1, -0.05) is 164 Å². The average Bonchev–Trinajstić information content (AvgIpc) is 3.68. The van der Waals surface area contributed by atoms with Gasteiger partial charge < -0.3 is 14.9 Å². The van der Waals surface area contributed by atoms with E-state index in [1.54, 1.807) is 0 Å². The van der Waals surface area contributed by atoms with Crippen LogP contribution in [0.15, 0.2) is 97.1 Å². The Kier molecular flexibility index (Phi) is 13.6. The van der Waals surface area contributed by atoms with Gasteiger partial charge >= 0.3 is 25.8 Å². The zero-order chi connectivity index (χ0) is 38.2. The molecule has 290 valence electrons. The van der Waals surface area contributed by atoms with E-state index in [1.807, 2.05) is 0 Å². The molecule has 0 N–H and O–H groups in total. The molecule has 0 bridgehead atoms. The van der Waals surface area contributed by atoms with E-state index in [4.69, 9.17) is 0 Å². The Morgan fingerprint density at radius 1 is 0.455 bits per heavy atom. The van der Waals surface area contributed by atoms with Crippen molar-refractivity contribution >= 4 is 21.5 Å². The number of fused-ring (bicyclic) bond motifs is 2. The molecule has 0 aliphatic carbocycles. The van der Waals surface area contributed by atoms with Crippen molar-refractivity contribution in [2.75, 3.05) is 0 Å². The van der Waals surface area contributed by atoms with Crippen LogP contribution in [-0.2, 0) is 52.9 Å². The summed E-state index contributed by atoms with van der Waals surface area (Å²) in [5.74, 6) is 0.538. The molecule has 0 unspecified atom stereocenters. The van der Waals surface area contributed by atoms with Crippen molar-refractivity contribution in [2.24, 2.45) is 5.92 Å². The minimum absolute atomic E-state index is 0. The summed E-state index contributed by atoms with van der Waals surface area (Å²) >= 11 is 0. The van der Waals surface area contributed by atoms with Gasteiger partial charge in [-0.3, -0.25) is 0 Å². The maximum absolute atomic E-state index is 2.52. The molecule has 6 aromatic carbocycles. The third-order valence-corrected chi connectivity index (χ3v) is 11.5. The quantitative estimate of drug-likeness (QED) is 0.115. The van der Waals surface area contributed by atoms with Gasteiger partial charge in [-0.15, -0.1) is 69.1 Å². The smallest absolute Gasteiger partial charge is 0.358 e. The fourth-order valence-electron chi connectivity index (χ4n) is 8.13. The molecule has 6 rings (SSSR count). The van der Waals surface area contributed by atoms with Gasteiger partial charge in [0.05, 0.1) is 0 Å². The SMILES string of the molecule is CC(C)CC(C)(c1cc2c(-c3cc(C(C)(C)C)cc(C(C)(C)C)c3)cccc2[cH-]1)c1cc2c(-c3cc(C(C)(C)C)cc(C(C)(C)C)c3)cccc2[cH-]1.[CH3-].[CH3-].[Hf+4]. The molecule has 0 saturated carbocycles. The van der Waals surface area contributed by atoms with E-state index in [0.29, 0.717) is 5.92 Å². The molecule has 6 aromatic rings. The molecule has 0 fully saturated rings. The minimum Gasteiger partial charge on any atom is -0.358 e. The van der Waals surface area contributed by atoms with Crippen molar-refractivity contribution in [1.29, 1.82) is 0 Å². The van der Waals surface area contributed by atoms with Crippen LogP contribution in [0.4, 0.5) is 0 Å². The first-order valence-electron chi connectivity index (χ1n) is 19.7. The molecule has 0 radical (unpaired) electrons. The Hall–Kier alpha value is -3.03. The predicted molar refractivity (Wildman–Crippen MR) is 243 cm³/mol. The maximum Gasteiger partial charge on any atom is 4.00 e. The van der Waals surface area contributed by atoms with Crippen LogP contribution in [0.5, 0.6) is 0 Å². The summed E-state index contributed by atoms with van der Waals surface area (Å²) in [6.45, 7) is 35.2. The van der Waals surface area contributed by atoms with Crippen LogP contribution in [0.25, 0.3) is 43.8 Å². The second kappa shape index (κ2) is 16.1. The topological polar surface area (TPSA) is 0 Å². The first-order valence-corrected chi connectivity index (χ1v) is 19.7. The van der Waals surface area contributed by atoms with Crippen LogP contribution < -0.4 is 0 Å². The summed E-state index contributed by atoms with van der Waals surface area (Å²) in [7, 11) is 0. The van der Waals surface area contributed by atoms with Crippen molar-refractivity contribution in [2.45, 2.75) is 137 Å². The van der Waals surface area contributed by atoms with Gasteiger partial charge in [0.15, 0.2) is 0 Å². The molecule has 55 heavy (non-hydrogen) atoms. The Balaban J connectivity index is 0.00000271. The zero-order valence-electron chi connectivity index (χ0n) is 37.5. The van der Waals surface area contributed by atoms with Gasteiger partial charge in [-0.05, 0) is 72.8 Å². The average molecular weight is 898 g/mol. The standard InChI is InChI=1S/C52H64.2CH3.Hf/c1-33(2)32-52(15,42-22-34-18-16-20-44(46(34)30-42)36-24-38(48(3,4)5)28-39(25-36)49(6,7)8)43-23-35-19-17-21-45(47(35)31-43)37-26-40(50(9,10)11)29-41(27-37)51(12,13)14;;;/h16-31,33H,32H2,1-15H3;2*1H3;/q-2;2*-1;+4. The van der Waals surface area contributed by atoms with Crippen molar-refractivity contribution in [3.8, 4) is 22.3 Å². The van der Waals surface area contributed by atoms with Crippen LogP contribution in [-0.4, -0.2) is 0 Å². The van der Waals surface area contributed by atoms with Crippen molar-refractivity contribution < 1.29 is 25.8 Å². The van der Waals surface area contributed by atoms with Crippen LogP contribution in [0.1, 0.15) is 144 Å². The summed E-state index contributed by atoms with van der Waals surface area (Å²) in [4.78, 5) is 0. The maximum atomic E-state index is 2.52. The molecule has 0 heterocycles. The third-order valence-electron chi connectivity index (χ3n) is 11.5. The van der Waals surface area contributed by atoms with E-state index < -0.39 is 0 Å². The molecular formula is C54H70Hf. The molecule has 0 nitrogen and oxygen atoms in total. The summed E-state index contributed by atoms with van der Waals surface area (Å²) < 4.78 is 0. The summed E-state index contributed by atoms with van der Waals surface area (Å²) in [5.41, 5.74) is 13.8. The Bertz CT molecular complexity index is 2020. The molecule has 0 aromatic heterocycles. The normalized spacial score (nSPS) is 12.8. The number of hydrogen-bond acceptors (Lipinski definition) is 0. The van der Waals surface area contributed by atoms with Crippen LogP contribution in [0.3, 0.4) is 0 Å². The van der Waals surface area contributed by atoms with E-state index in [-0.39, 0.29) is 67.8 Å². The van der Waals surface area contributed by atoms with Gasteiger partial charge in [-0.25, -0.2) is 0 Å². The molecule has 0 aliphatic heterocycles. The van der Waals surface area contributed by atoms with Crippen LogP contribution in [0, 0.1) is 20.8 Å². The van der Waals surface area contributed by atoms with Crippen molar-refractivity contribution in [3.63, 3.8) is 0 Å². The van der Waals surface area contributed by atoms with Gasteiger partial charge in [0, 0.05) is 0 Å². The summed E-state index contributed by atoms with van der Waals surface area (Å²) in [6.07, 6.45) is 1.08. The summed E-state index contributed by atoms with van der Waals surface area (Å²) in [6, 6.07) is 38.4. The van der Waals surface area contributed by atoms with E-state index in [1.165, 1.54) is 77.2 Å². The van der Waals surface area contributed by atoms with Gasteiger partial charge in [0.1, 0.15) is 0 Å². The minimum atomic E-state index is -0.144. The number of rotatable bonds is 6. The Labute approximate surface area is 356 Å². The van der Waals surface area contributed by atoms with E-state index in [9.17, 15) is 0 Å². The molecule has 0 saturated heterocycles. The van der Waals surface area contributed by atoms with Crippen molar-refractivity contribution in [1.82, 2.24) is 0 Å². The summed E-state index contributed by atoms with van der Waals surface area (Å²) in [5, 5.41) is 5.35. The third kappa shape index (κ3) is 9.41. The molecule has 0 spiro atoms. The molecule has 0 amide bonds. The molecular weight excluding hydrogens is 827 g/mol. The molecule has 0 atom stereocenters. The molecule has 1 heteroatoms. The van der Waals surface area contributed by atoms with E-state index in [0.717, 1.165) is 6.42 Å². The fourth-order valence-corrected chi connectivity index (χ4v) is 8.13. The number of hydrogen-bond donors (Lipinski definition) is 0. The predicted octanol–water partition coefficient (Wildman–Crippen LogP) is 16.2. The van der Waals surface area contributed by atoms with Gasteiger partial charge in [-0.2, -0.15) is 12.1 Å². The Morgan fingerprint density at radius 3 is 1.04 bits per heavy atom. The van der Waals surface area contributed by atoms with Crippen LogP contribution >= 0.6 is 0 Å². The number of benzene rings is 4. The van der Waals surface area contributed by atoms with Gasteiger partial charge in [0.2, 0.25) is 0 Å². The van der Waals surface area contributed by atoms with Gasteiger partial charge in [0.25, 0.3) is 0 Å². The van der Waals surface area contributed by atoms with E-state index in [2.05, 4.69) is 201 Å². The van der Waals surface area contributed by atoms with Crippen LogP contribution in [0.2, 0.25) is 0 Å². The second-order valence-corrected chi connectivity index (χ2v) is 20.6.